The molecule has 3 N–H and O–H groups in total. The summed E-state index contributed by atoms with van der Waals surface area (Å²) < 4.78 is 10.7. The smallest absolute Gasteiger partial charge is 0.138 e. The van der Waals surface area contributed by atoms with Crippen molar-refractivity contribution in [1.82, 2.24) is 15.6 Å². The first-order chi connectivity index (χ1) is 14.1. The molecule has 0 fully saturated rings. The molecule has 0 unspecified atom stereocenters. The van der Waals surface area contributed by atoms with Crippen LogP contribution in [0.2, 0.25) is 0 Å². The minimum absolute atomic E-state index is 0.251. The van der Waals surface area contributed by atoms with E-state index in [4.69, 9.17) is 26.5 Å². The number of rotatable bonds is 7. The van der Waals surface area contributed by atoms with E-state index >= 15 is 0 Å². The van der Waals surface area contributed by atoms with Crippen LogP contribution in [0.25, 0.3) is 0 Å². The molecule has 0 saturated carbocycles. The number of methoxy groups -OCH3 is 2. The van der Waals surface area contributed by atoms with Crippen molar-refractivity contribution in [2.75, 3.05) is 14.2 Å². The average molecular weight is 412 g/mol. The SMILES string of the molecule is COc1ccc(CNC2=NC(Cl)=CC(=N)/C2=C\NCc2ccccn2)c(OC)c1. The zero-order valence-electron chi connectivity index (χ0n) is 16.2. The lowest BCUT2D eigenvalue weighted by Crippen LogP contribution is -2.31. The van der Waals surface area contributed by atoms with Gasteiger partial charge in [0.2, 0.25) is 0 Å². The van der Waals surface area contributed by atoms with Crippen LogP contribution < -0.4 is 20.1 Å². The van der Waals surface area contributed by atoms with Gasteiger partial charge in [0, 0.05) is 36.6 Å². The fraction of sp³-hybridized carbons (Fsp3) is 0.190. The minimum Gasteiger partial charge on any atom is -0.497 e. The summed E-state index contributed by atoms with van der Waals surface area (Å²) >= 11 is 6.08. The first-order valence-corrected chi connectivity index (χ1v) is 9.32. The Morgan fingerprint density at radius 1 is 1.14 bits per heavy atom. The Bertz CT molecular complexity index is 970. The van der Waals surface area contributed by atoms with E-state index in [1.54, 1.807) is 26.6 Å². The lowest BCUT2D eigenvalue weighted by atomic mass is 10.1. The number of hydrogen-bond donors (Lipinski definition) is 3. The minimum atomic E-state index is 0.251. The summed E-state index contributed by atoms with van der Waals surface area (Å²) in [4.78, 5) is 8.62. The second-order valence-corrected chi connectivity index (χ2v) is 6.52. The molecule has 150 valence electrons. The maximum Gasteiger partial charge on any atom is 0.138 e. The van der Waals surface area contributed by atoms with E-state index in [1.165, 1.54) is 6.08 Å². The fourth-order valence-electron chi connectivity index (χ4n) is 2.74. The zero-order valence-corrected chi connectivity index (χ0v) is 17.0. The maximum absolute atomic E-state index is 8.26. The topological polar surface area (TPSA) is 91.6 Å². The van der Waals surface area contributed by atoms with E-state index in [-0.39, 0.29) is 10.9 Å². The second-order valence-electron chi connectivity index (χ2n) is 6.13. The van der Waals surface area contributed by atoms with Gasteiger partial charge in [-0.2, -0.15) is 0 Å². The van der Waals surface area contributed by atoms with Crippen molar-refractivity contribution in [1.29, 1.82) is 5.41 Å². The molecular weight excluding hydrogens is 390 g/mol. The van der Waals surface area contributed by atoms with Gasteiger partial charge in [-0.3, -0.25) is 10.4 Å². The van der Waals surface area contributed by atoms with Gasteiger partial charge in [0.15, 0.2) is 0 Å². The van der Waals surface area contributed by atoms with Gasteiger partial charge < -0.3 is 20.1 Å². The molecule has 29 heavy (non-hydrogen) atoms. The van der Waals surface area contributed by atoms with E-state index in [0.29, 0.717) is 36.0 Å². The van der Waals surface area contributed by atoms with Crippen LogP contribution >= 0.6 is 11.6 Å². The number of halogens is 1. The van der Waals surface area contributed by atoms with Crippen molar-refractivity contribution in [2.24, 2.45) is 4.99 Å². The third-order valence-electron chi connectivity index (χ3n) is 4.22. The molecule has 8 heteroatoms. The van der Waals surface area contributed by atoms with Crippen LogP contribution in [0.3, 0.4) is 0 Å². The third kappa shape index (κ3) is 5.36. The van der Waals surface area contributed by atoms with Crippen LogP contribution in [0, 0.1) is 5.41 Å². The number of allylic oxidation sites excluding steroid dienone is 1. The Hall–Kier alpha value is -3.32. The number of nitrogens with one attached hydrogen (secondary N) is 3. The lowest BCUT2D eigenvalue weighted by molar-refractivity contribution is 0.390. The monoisotopic (exact) mass is 411 g/mol. The highest BCUT2D eigenvalue weighted by atomic mass is 35.5. The predicted molar refractivity (Wildman–Crippen MR) is 115 cm³/mol. The number of aromatic nitrogens is 1. The number of ether oxygens (including phenoxy) is 2. The van der Waals surface area contributed by atoms with Gasteiger partial charge in [0.1, 0.15) is 22.5 Å². The van der Waals surface area contributed by atoms with E-state index < -0.39 is 0 Å². The van der Waals surface area contributed by atoms with Crippen LogP contribution in [0.5, 0.6) is 11.5 Å². The van der Waals surface area contributed by atoms with E-state index in [1.807, 2.05) is 36.4 Å². The van der Waals surface area contributed by atoms with Gasteiger partial charge >= 0.3 is 0 Å². The van der Waals surface area contributed by atoms with Crippen molar-refractivity contribution in [3.63, 3.8) is 0 Å². The molecule has 0 spiro atoms. The largest absolute Gasteiger partial charge is 0.497 e. The highest BCUT2D eigenvalue weighted by Gasteiger charge is 2.18. The Morgan fingerprint density at radius 3 is 2.72 bits per heavy atom. The molecule has 1 aliphatic heterocycles. The van der Waals surface area contributed by atoms with Gasteiger partial charge in [0.05, 0.1) is 37.7 Å². The summed E-state index contributed by atoms with van der Waals surface area (Å²) in [5.41, 5.74) is 2.70. The number of nitrogens with zero attached hydrogens (tertiary/aromatic N) is 2. The molecule has 1 aromatic heterocycles. The van der Waals surface area contributed by atoms with Crippen LogP contribution in [0.4, 0.5) is 0 Å². The molecule has 7 nitrogen and oxygen atoms in total. The Labute approximate surface area is 174 Å². The quantitative estimate of drug-likeness (QED) is 0.607. The number of hydrogen-bond acceptors (Lipinski definition) is 7. The molecule has 2 aromatic rings. The molecule has 0 amide bonds. The summed E-state index contributed by atoms with van der Waals surface area (Å²) in [6.45, 7) is 0.982. The number of amidine groups is 1. The molecule has 1 aromatic carbocycles. The number of benzene rings is 1. The summed E-state index contributed by atoms with van der Waals surface area (Å²) in [7, 11) is 3.22. The molecule has 0 atom stereocenters. The molecule has 2 heterocycles. The van der Waals surface area contributed by atoms with Gasteiger partial charge in [0.25, 0.3) is 0 Å². The summed E-state index contributed by atoms with van der Waals surface area (Å²) in [5, 5.41) is 14.9. The average Bonchev–Trinajstić information content (AvgIpc) is 2.74. The normalized spacial score (nSPS) is 14.9. The first kappa shape index (κ1) is 20.4. The summed E-state index contributed by atoms with van der Waals surface area (Å²) in [6.07, 6.45) is 4.99. The Kier molecular flexibility index (Phi) is 6.86. The Morgan fingerprint density at radius 2 is 2.00 bits per heavy atom. The van der Waals surface area contributed by atoms with Crippen LogP contribution in [0.15, 0.2) is 70.6 Å². The van der Waals surface area contributed by atoms with E-state index in [9.17, 15) is 0 Å². The molecule has 0 aliphatic carbocycles. The third-order valence-corrected chi connectivity index (χ3v) is 4.42. The van der Waals surface area contributed by atoms with Crippen molar-refractivity contribution < 1.29 is 9.47 Å². The van der Waals surface area contributed by atoms with Gasteiger partial charge in [-0.1, -0.05) is 17.7 Å². The molecule has 0 bridgehead atoms. The predicted octanol–water partition coefficient (Wildman–Crippen LogP) is 3.37. The van der Waals surface area contributed by atoms with Gasteiger partial charge in [-0.15, -0.1) is 0 Å². The first-order valence-electron chi connectivity index (χ1n) is 8.94. The number of aliphatic imine (C=N–C) groups is 1. The van der Waals surface area contributed by atoms with Crippen LogP contribution in [0.1, 0.15) is 11.3 Å². The van der Waals surface area contributed by atoms with Crippen molar-refractivity contribution in [3.05, 3.63) is 76.9 Å². The highest BCUT2D eigenvalue weighted by molar-refractivity contribution is 6.37. The van der Waals surface area contributed by atoms with Crippen molar-refractivity contribution in [2.45, 2.75) is 13.1 Å². The zero-order chi connectivity index (χ0) is 20.6. The van der Waals surface area contributed by atoms with Crippen LogP contribution in [-0.4, -0.2) is 30.8 Å². The van der Waals surface area contributed by atoms with Gasteiger partial charge in [-0.05, 0) is 24.3 Å². The summed E-state index contributed by atoms with van der Waals surface area (Å²) in [5.74, 6) is 1.92. The molecular formula is C21H22ClN5O2. The standard InChI is InChI=1S/C21H22ClN5O2/c1-28-16-7-6-14(19(9-16)29-2)11-26-21-17(18(23)10-20(22)27-21)13-24-12-15-5-3-4-8-25-15/h3-10,13,23-24H,11-12H2,1-2H3,(H,26,27)/b17-13+,23-18?. The van der Waals surface area contributed by atoms with E-state index in [2.05, 4.69) is 20.6 Å². The number of pyridine rings is 1. The van der Waals surface area contributed by atoms with E-state index in [0.717, 1.165) is 11.3 Å². The van der Waals surface area contributed by atoms with Crippen molar-refractivity contribution in [3.8, 4) is 11.5 Å². The Balaban J connectivity index is 1.73. The maximum atomic E-state index is 8.26. The summed E-state index contributed by atoms with van der Waals surface area (Å²) in [6, 6.07) is 11.3. The fourth-order valence-corrected chi connectivity index (χ4v) is 2.94. The molecule has 3 rings (SSSR count). The van der Waals surface area contributed by atoms with Crippen molar-refractivity contribution >= 4 is 23.1 Å². The lowest BCUT2D eigenvalue weighted by Gasteiger charge is -2.18. The molecule has 1 aliphatic rings. The highest BCUT2D eigenvalue weighted by Crippen LogP contribution is 2.25. The van der Waals surface area contributed by atoms with Crippen LogP contribution in [-0.2, 0) is 13.1 Å². The molecule has 0 radical (unpaired) electrons. The molecule has 0 saturated heterocycles. The van der Waals surface area contributed by atoms with Gasteiger partial charge in [-0.25, -0.2) is 4.99 Å². The second kappa shape index (κ2) is 9.75.